The average molecular weight is 990 g/mol. The number of aromatic nitrogens is 8. The number of halogens is 3. The van der Waals surface area contributed by atoms with Crippen molar-refractivity contribution in [3.05, 3.63) is 25.3 Å². The summed E-state index contributed by atoms with van der Waals surface area (Å²) in [5.74, 6) is 1.66. The standard InChI is InChI=1S/C12H20N5O4P.C7H16ClO4P.C6H15O3P.C5H5N5.C3H6Cl2O/c1-3-20-22(18,21-4-2)9-19-6-5-17-8-16-10-11(13)14-7-15-12(10)17;1-3-11-13(9,12-4-2)7-10-6-5-8;1-4-7-10(8-5-2)9-6-3;6-4-3-5(9-1-7-3)10-2-8-4;4-1-2-6-3-5/h7-8H,3-6,9H2,1-2H3,(H2,13,14,15);3-7H2,1-2H3;4-6H2,1-3H3;1-2H,(H3,6,7,8,9,10);1-3H2. The lowest BCUT2D eigenvalue weighted by Gasteiger charge is -2.16. The van der Waals surface area contributed by atoms with Crippen LogP contribution in [0, 0.1) is 0 Å². The molecule has 28 heteroatoms. The van der Waals surface area contributed by atoms with Crippen LogP contribution in [0.1, 0.15) is 48.5 Å². The minimum absolute atomic E-state index is 0.0264. The molecule has 0 saturated carbocycles. The van der Waals surface area contributed by atoms with Gasteiger partial charge in [0.15, 0.2) is 22.9 Å². The van der Waals surface area contributed by atoms with Crippen LogP contribution < -0.4 is 11.5 Å². The van der Waals surface area contributed by atoms with E-state index in [-0.39, 0.29) is 18.8 Å². The first-order valence-electron chi connectivity index (χ1n) is 19.1. The normalized spacial score (nSPS) is 11.3. The van der Waals surface area contributed by atoms with Crippen LogP contribution in [0.4, 0.5) is 11.6 Å². The summed E-state index contributed by atoms with van der Waals surface area (Å²) >= 11 is 15.7. The fraction of sp³-hybridized carbons (Fsp3) is 0.697. The number of fused-ring (bicyclic) bond motifs is 2. The maximum atomic E-state index is 12.2. The molecule has 0 aliphatic heterocycles. The summed E-state index contributed by atoms with van der Waals surface area (Å²) in [5.41, 5.74) is 13.7. The van der Waals surface area contributed by atoms with E-state index >= 15 is 0 Å². The van der Waals surface area contributed by atoms with Gasteiger partial charge in [0, 0.05) is 18.3 Å². The van der Waals surface area contributed by atoms with Gasteiger partial charge < -0.3 is 66.9 Å². The van der Waals surface area contributed by atoms with E-state index in [4.69, 9.17) is 87.4 Å². The Bertz CT molecular complexity index is 1720. The average Bonchev–Trinajstić information content (AvgIpc) is 3.90. The second-order valence-electron chi connectivity index (χ2n) is 10.6. The van der Waals surface area contributed by atoms with E-state index in [1.807, 2.05) is 20.8 Å². The van der Waals surface area contributed by atoms with Gasteiger partial charge in [-0.1, -0.05) is 11.6 Å². The molecule has 61 heavy (non-hydrogen) atoms. The van der Waals surface area contributed by atoms with Crippen molar-refractivity contribution >= 4 is 92.6 Å². The molecule has 5 N–H and O–H groups in total. The van der Waals surface area contributed by atoms with E-state index in [0.29, 0.717) is 118 Å². The smallest absolute Gasteiger partial charge is 0.356 e. The first-order valence-corrected chi connectivity index (χ1v) is 25.2. The molecule has 0 spiro atoms. The summed E-state index contributed by atoms with van der Waals surface area (Å²) in [6, 6.07) is 0.243. The lowest BCUT2D eigenvalue weighted by molar-refractivity contribution is 0.127. The number of ether oxygens (including phenoxy) is 3. The number of hydrogen-bond donors (Lipinski definition) is 3. The number of H-pyrrole nitrogens is 1. The molecule has 0 fully saturated rings. The van der Waals surface area contributed by atoms with E-state index < -0.39 is 23.8 Å². The van der Waals surface area contributed by atoms with Gasteiger partial charge in [0.05, 0.1) is 78.7 Å². The predicted molar refractivity (Wildman–Crippen MR) is 239 cm³/mol. The molecule has 0 radical (unpaired) electrons. The number of nitrogen functional groups attached to an aromatic ring is 2. The summed E-state index contributed by atoms with van der Waals surface area (Å²) in [4.78, 5) is 26.5. The largest absolute Gasteiger partial charge is 0.382 e. The van der Waals surface area contributed by atoms with Gasteiger partial charge >= 0.3 is 23.8 Å². The van der Waals surface area contributed by atoms with Crippen molar-refractivity contribution in [1.29, 1.82) is 0 Å². The van der Waals surface area contributed by atoms with Gasteiger partial charge in [-0.15, -0.1) is 23.2 Å². The van der Waals surface area contributed by atoms with Crippen LogP contribution in [0.15, 0.2) is 25.3 Å². The highest BCUT2D eigenvalue weighted by Gasteiger charge is 2.24. The molecule has 0 aliphatic rings. The van der Waals surface area contributed by atoms with Crippen molar-refractivity contribution in [1.82, 2.24) is 39.5 Å². The number of rotatable bonds is 26. The summed E-state index contributed by atoms with van der Waals surface area (Å²) in [6.07, 6.45) is 5.81. The van der Waals surface area contributed by atoms with Crippen LogP contribution in [0.25, 0.3) is 22.3 Å². The fourth-order valence-electron chi connectivity index (χ4n) is 3.96. The molecule has 0 bridgehead atoms. The molecule has 0 aliphatic carbocycles. The molecule has 4 aromatic rings. The van der Waals surface area contributed by atoms with Crippen molar-refractivity contribution in [2.45, 2.75) is 55.0 Å². The van der Waals surface area contributed by atoms with Crippen LogP contribution in [-0.2, 0) is 61.6 Å². The number of nitrogens with one attached hydrogen (secondary N) is 1. The molecule has 0 amide bonds. The molecular weight excluding hydrogens is 928 g/mol. The Morgan fingerprint density at radius 3 is 1.59 bits per heavy atom. The van der Waals surface area contributed by atoms with Gasteiger partial charge in [-0.25, -0.2) is 29.9 Å². The summed E-state index contributed by atoms with van der Waals surface area (Å²) in [6.45, 7) is 17.8. The molecule has 0 unspecified atom stereocenters. The highest BCUT2D eigenvalue weighted by Crippen LogP contribution is 2.48. The van der Waals surface area contributed by atoms with E-state index in [1.165, 1.54) is 19.0 Å². The molecule has 0 atom stereocenters. The minimum atomic E-state index is -3.17. The van der Waals surface area contributed by atoms with Gasteiger partial charge in [-0.3, -0.25) is 9.13 Å². The summed E-state index contributed by atoms with van der Waals surface area (Å²) in [7, 11) is -7.27. The zero-order valence-electron chi connectivity index (χ0n) is 35.8. The fourth-order valence-corrected chi connectivity index (χ4v) is 7.87. The third-order valence-corrected chi connectivity index (χ3v) is 11.7. The second-order valence-corrected chi connectivity index (χ2v) is 16.8. The Morgan fingerprint density at radius 2 is 1.13 bits per heavy atom. The van der Waals surface area contributed by atoms with Gasteiger partial charge in [-0.2, -0.15) is 0 Å². The van der Waals surface area contributed by atoms with Gasteiger partial charge in [-0.05, 0) is 48.5 Å². The quantitative estimate of drug-likeness (QED) is 0.0307. The number of hydrogen-bond acceptors (Lipinski definition) is 20. The highest BCUT2D eigenvalue weighted by atomic mass is 35.5. The van der Waals surface area contributed by atoms with Crippen LogP contribution >= 0.6 is 58.6 Å². The number of anilines is 2. The Hall–Kier alpha value is -1.94. The van der Waals surface area contributed by atoms with Crippen LogP contribution in [0.5, 0.6) is 0 Å². The first-order chi connectivity index (χ1) is 29.4. The number of imidazole rings is 2. The lowest BCUT2D eigenvalue weighted by Crippen LogP contribution is -2.09. The third kappa shape index (κ3) is 26.4. The molecule has 4 heterocycles. The number of nitrogens with two attached hydrogens (primary N) is 2. The SMILES string of the molecule is CCOP(=O)(COCCCl)OCC.CCOP(=O)(COCCn1cnc2c(N)ncnc21)OCC.CCOP(OCC)OCC.ClCCOCCl.Nc1ncnc2nc[nH]c12. The van der Waals surface area contributed by atoms with Crippen molar-refractivity contribution in [2.24, 2.45) is 0 Å². The number of nitrogens with zero attached hydrogens (tertiary/aromatic N) is 7. The van der Waals surface area contributed by atoms with Crippen LogP contribution in [0.3, 0.4) is 0 Å². The molecular formula is C33H62Cl3N10O12P3. The van der Waals surface area contributed by atoms with E-state index in [1.54, 1.807) is 38.6 Å². The number of aromatic amines is 1. The predicted octanol–water partition coefficient (Wildman–Crippen LogP) is 7.81. The zero-order chi connectivity index (χ0) is 45.8. The monoisotopic (exact) mass is 988 g/mol. The minimum Gasteiger partial charge on any atom is -0.382 e. The summed E-state index contributed by atoms with van der Waals surface area (Å²) in [5, 5.41) is 0. The van der Waals surface area contributed by atoms with Crippen LogP contribution in [0.2, 0.25) is 0 Å². The molecule has 0 aromatic carbocycles. The Balaban J connectivity index is 0.000000794. The maximum absolute atomic E-state index is 12.2. The van der Waals surface area contributed by atoms with E-state index in [9.17, 15) is 9.13 Å². The maximum Gasteiger partial charge on any atom is 0.356 e. The van der Waals surface area contributed by atoms with Crippen LogP contribution in [-0.4, -0.2) is 136 Å². The molecule has 4 aromatic heterocycles. The van der Waals surface area contributed by atoms with E-state index in [0.717, 1.165) is 0 Å². The first kappa shape index (κ1) is 59.1. The van der Waals surface area contributed by atoms with Gasteiger partial charge in [0.2, 0.25) is 0 Å². The Morgan fingerprint density at radius 1 is 0.639 bits per heavy atom. The van der Waals surface area contributed by atoms with Crippen molar-refractivity contribution in [2.75, 3.05) is 108 Å². The molecule has 352 valence electrons. The number of alkyl halides is 3. The Labute approximate surface area is 374 Å². The summed E-state index contributed by atoms with van der Waals surface area (Å²) < 4.78 is 76.4. The molecule has 22 nitrogen and oxygen atoms in total. The van der Waals surface area contributed by atoms with Gasteiger partial charge in [0.1, 0.15) is 42.5 Å². The van der Waals surface area contributed by atoms with Crippen molar-refractivity contribution in [3.8, 4) is 0 Å². The molecule has 4 rings (SSSR count). The van der Waals surface area contributed by atoms with Crippen molar-refractivity contribution in [3.63, 3.8) is 0 Å². The van der Waals surface area contributed by atoms with Gasteiger partial charge in [0.25, 0.3) is 0 Å². The highest BCUT2D eigenvalue weighted by molar-refractivity contribution is 7.53. The zero-order valence-corrected chi connectivity index (χ0v) is 40.7. The van der Waals surface area contributed by atoms with E-state index in [2.05, 4.69) is 39.6 Å². The third-order valence-electron chi connectivity index (χ3n) is 6.18. The second kappa shape index (κ2) is 37.4. The molecule has 0 saturated heterocycles. The Kier molecular flexibility index (Phi) is 36.2. The van der Waals surface area contributed by atoms with Crippen molar-refractivity contribution < 1.29 is 55.0 Å². The lowest BCUT2D eigenvalue weighted by atomic mass is 10.5. The topological polar surface area (TPSA) is 277 Å².